The number of hydrogen-bond donors (Lipinski definition) is 0. The number of carbonyl (C=O) groups is 2. The van der Waals surface area contributed by atoms with Gasteiger partial charge in [-0.1, -0.05) is 18.2 Å². The van der Waals surface area contributed by atoms with Gasteiger partial charge in [0.15, 0.2) is 0 Å². The second kappa shape index (κ2) is 8.94. The van der Waals surface area contributed by atoms with Crippen LogP contribution < -0.4 is 4.74 Å². The summed E-state index contributed by atoms with van der Waals surface area (Å²) < 4.78 is 5.84. The highest BCUT2D eigenvalue weighted by Gasteiger charge is 2.48. The Bertz CT molecular complexity index is 956. The molecule has 0 aromatic heterocycles. The lowest BCUT2D eigenvalue weighted by Crippen LogP contribution is -2.68. The van der Waals surface area contributed by atoms with Crippen molar-refractivity contribution in [3.63, 3.8) is 0 Å². The van der Waals surface area contributed by atoms with Gasteiger partial charge in [0.25, 0.3) is 5.91 Å². The topological polar surface area (TPSA) is 53.1 Å². The molecular weight excluding hydrogens is 402 g/mol. The van der Waals surface area contributed by atoms with Crippen LogP contribution in [0.15, 0.2) is 54.6 Å². The van der Waals surface area contributed by atoms with E-state index in [9.17, 15) is 9.59 Å². The van der Waals surface area contributed by atoms with Crippen molar-refractivity contribution in [3.8, 4) is 11.5 Å². The van der Waals surface area contributed by atoms with Gasteiger partial charge in [0, 0.05) is 43.8 Å². The molecule has 3 aliphatic heterocycles. The van der Waals surface area contributed by atoms with Gasteiger partial charge in [0.2, 0.25) is 5.91 Å². The van der Waals surface area contributed by atoms with Gasteiger partial charge < -0.3 is 14.5 Å². The van der Waals surface area contributed by atoms with Crippen LogP contribution in [0.5, 0.6) is 11.5 Å². The molecule has 3 fully saturated rings. The zero-order chi connectivity index (χ0) is 22.0. The van der Waals surface area contributed by atoms with Gasteiger partial charge in [-0.2, -0.15) is 0 Å². The Balaban J connectivity index is 1.21. The van der Waals surface area contributed by atoms with Crippen molar-refractivity contribution in [2.24, 2.45) is 0 Å². The van der Waals surface area contributed by atoms with Crippen molar-refractivity contribution in [2.75, 3.05) is 39.3 Å². The molecule has 2 amide bonds. The first kappa shape index (κ1) is 21.0. The van der Waals surface area contributed by atoms with Crippen molar-refractivity contribution < 1.29 is 14.3 Å². The van der Waals surface area contributed by atoms with Gasteiger partial charge >= 0.3 is 0 Å². The number of hydrogen-bond acceptors (Lipinski definition) is 4. The molecule has 0 unspecified atom stereocenters. The van der Waals surface area contributed by atoms with Crippen molar-refractivity contribution >= 4 is 11.8 Å². The summed E-state index contributed by atoms with van der Waals surface area (Å²) in [6, 6.07) is 17.0. The van der Waals surface area contributed by atoms with Crippen LogP contribution in [0, 0.1) is 0 Å². The summed E-state index contributed by atoms with van der Waals surface area (Å²) in [4.78, 5) is 32.2. The maximum Gasteiger partial charge on any atom is 0.253 e. The largest absolute Gasteiger partial charge is 0.457 e. The molecule has 6 heteroatoms. The van der Waals surface area contributed by atoms with Crippen molar-refractivity contribution in [2.45, 2.75) is 37.6 Å². The van der Waals surface area contributed by atoms with E-state index in [-0.39, 0.29) is 17.4 Å². The van der Waals surface area contributed by atoms with E-state index in [1.807, 2.05) is 64.4 Å². The molecule has 0 radical (unpaired) electrons. The van der Waals surface area contributed by atoms with Gasteiger partial charge in [0.1, 0.15) is 11.5 Å². The van der Waals surface area contributed by atoms with E-state index in [0.29, 0.717) is 24.4 Å². The Hall–Kier alpha value is -2.86. The Morgan fingerprint density at radius 2 is 1.47 bits per heavy atom. The summed E-state index contributed by atoms with van der Waals surface area (Å²) in [6.45, 7) is 4.72. The third-order valence-corrected chi connectivity index (χ3v) is 7.23. The lowest BCUT2D eigenvalue weighted by atomic mass is 9.77. The maximum atomic E-state index is 13.2. The molecule has 32 heavy (non-hydrogen) atoms. The standard InChI is InChI=1S/C26H31N3O3/c30-24(27-15-4-5-16-27)19-29-18-14-26(29)13-6-17-28(20-26)25(31)21-9-11-23(12-10-21)32-22-7-2-1-3-8-22/h1-3,7-12H,4-6,13-20H2/t26-/m0/s1. The highest BCUT2D eigenvalue weighted by Crippen LogP contribution is 2.39. The predicted molar refractivity (Wildman–Crippen MR) is 123 cm³/mol. The Kier molecular flexibility index (Phi) is 5.87. The fourth-order valence-electron chi connectivity index (χ4n) is 5.28. The predicted octanol–water partition coefficient (Wildman–Crippen LogP) is 3.78. The highest BCUT2D eigenvalue weighted by molar-refractivity contribution is 5.94. The molecule has 5 rings (SSSR count). The van der Waals surface area contributed by atoms with E-state index in [1.54, 1.807) is 0 Å². The monoisotopic (exact) mass is 433 g/mol. The van der Waals surface area contributed by atoms with E-state index in [0.717, 1.165) is 64.0 Å². The van der Waals surface area contributed by atoms with Gasteiger partial charge in [0.05, 0.1) is 6.54 Å². The third-order valence-electron chi connectivity index (χ3n) is 7.23. The van der Waals surface area contributed by atoms with E-state index >= 15 is 0 Å². The smallest absolute Gasteiger partial charge is 0.253 e. The number of likely N-dealkylation sites (tertiary alicyclic amines) is 3. The summed E-state index contributed by atoms with van der Waals surface area (Å²) in [5, 5.41) is 0. The molecule has 3 heterocycles. The summed E-state index contributed by atoms with van der Waals surface area (Å²) in [6.07, 6.45) is 5.35. The number of rotatable bonds is 5. The minimum atomic E-state index is -0.0281. The number of ether oxygens (including phenoxy) is 1. The molecule has 0 aliphatic carbocycles. The minimum Gasteiger partial charge on any atom is -0.457 e. The molecule has 3 saturated heterocycles. The second-order valence-corrected chi connectivity index (χ2v) is 9.25. The van der Waals surface area contributed by atoms with Crippen LogP contribution in [0.2, 0.25) is 0 Å². The first-order valence-corrected chi connectivity index (χ1v) is 11.8. The summed E-state index contributed by atoms with van der Waals surface area (Å²) >= 11 is 0. The van der Waals surface area contributed by atoms with E-state index in [4.69, 9.17) is 4.74 Å². The molecule has 3 aliphatic rings. The number of para-hydroxylation sites is 1. The Morgan fingerprint density at radius 3 is 2.16 bits per heavy atom. The average Bonchev–Trinajstić information content (AvgIpc) is 3.38. The maximum absolute atomic E-state index is 13.2. The van der Waals surface area contributed by atoms with Crippen LogP contribution >= 0.6 is 0 Å². The van der Waals surface area contributed by atoms with Gasteiger partial charge in [-0.3, -0.25) is 14.5 Å². The fraction of sp³-hybridized carbons (Fsp3) is 0.462. The Morgan fingerprint density at radius 1 is 0.781 bits per heavy atom. The zero-order valence-electron chi connectivity index (χ0n) is 18.5. The number of carbonyl (C=O) groups excluding carboxylic acids is 2. The summed E-state index contributed by atoms with van der Waals surface area (Å²) in [7, 11) is 0. The van der Waals surface area contributed by atoms with Crippen molar-refractivity contribution in [1.29, 1.82) is 0 Å². The lowest BCUT2D eigenvalue weighted by molar-refractivity contribution is -0.138. The molecule has 1 atom stereocenters. The van der Waals surface area contributed by atoms with E-state index in [2.05, 4.69) is 4.90 Å². The molecule has 1 spiro atoms. The molecule has 2 aromatic carbocycles. The molecule has 2 aromatic rings. The first-order chi connectivity index (χ1) is 15.6. The first-order valence-electron chi connectivity index (χ1n) is 11.8. The normalized spacial score (nSPS) is 23.2. The number of piperidine rings is 1. The molecule has 0 bridgehead atoms. The van der Waals surface area contributed by atoms with Crippen molar-refractivity contribution in [3.05, 3.63) is 60.2 Å². The van der Waals surface area contributed by atoms with Gasteiger partial charge in [-0.25, -0.2) is 0 Å². The van der Waals surface area contributed by atoms with Crippen LogP contribution in [-0.4, -0.2) is 71.3 Å². The Labute approximate surface area is 189 Å². The molecule has 0 N–H and O–H groups in total. The van der Waals surface area contributed by atoms with Crippen LogP contribution in [0.1, 0.15) is 42.5 Å². The molecule has 6 nitrogen and oxygen atoms in total. The SMILES string of the molecule is O=C(CN1CC[C@]12CCCN(C(=O)c1ccc(Oc3ccccc3)cc1)C2)N1CCCC1. The number of benzene rings is 2. The van der Waals surface area contributed by atoms with Crippen LogP contribution in [-0.2, 0) is 4.79 Å². The van der Waals surface area contributed by atoms with Crippen LogP contribution in [0.25, 0.3) is 0 Å². The fourth-order valence-corrected chi connectivity index (χ4v) is 5.28. The van der Waals surface area contributed by atoms with Crippen LogP contribution in [0.3, 0.4) is 0 Å². The number of amides is 2. The molecule has 168 valence electrons. The average molecular weight is 434 g/mol. The summed E-state index contributed by atoms with van der Waals surface area (Å²) in [5.74, 6) is 1.80. The van der Waals surface area contributed by atoms with E-state index in [1.165, 1.54) is 0 Å². The van der Waals surface area contributed by atoms with Crippen molar-refractivity contribution in [1.82, 2.24) is 14.7 Å². The van der Waals surface area contributed by atoms with Crippen LogP contribution in [0.4, 0.5) is 0 Å². The summed E-state index contributed by atoms with van der Waals surface area (Å²) in [5.41, 5.74) is 0.654. The molecular formula is C26H31N3O3. The van der Waals surface area contributed by atoms with E-state index < -0.39 is 0 Å². The third kappa shape index (κ3) is 4.24. The highest BCUT2D eigenvalue weighted by atomic mass is 16.5. The minimum absolute atomic E-state index is 0.0281. The van der Waals surface area contributed by atoms with Gasteiger partial charge in [-0.05, 0) is 68.5 Å². The molecule has 0 saturated carbocycles. The quantitative estimate of drug-likeness (QED) is 0.720. The zero-order valence-corrected chi connectivity index (χ0v) is 18.5. The number of nitrogens with zero attached hydrogens (tertiary/aromatic N) is 3. The lowest BCUT2D eigenvalue weighted by Gasteiger charge is -2.57. The second-order valence-electron chi connectivity index (χ2n) is 9.25. The van der Waals surface area contributed by atoms with Gasteiger partial charge in [-0.15, -0.1) is 0 Å².